The van der Waals surface area contributed by atoms with Gasteiger partial charge in [-0.25, -0.2) is 0 Å². The van der Waals surface area contributed by atoms with E-state index in [4.69, 9.17) is 5.73 Å². The summed E-state index contributed by atoms with van der Waals surface area (Å²) in [6.45, 7) is 9.87. The second-order valence-electron chi connectivity index (χ2n) is 5.94. The Balaban J connectivity index is 2.41. The monoisotopic (exact) mass is 198 g/mol. The Kier molecular flexibility index (Phi) is 3.96. The van der Waals surface area contributed by atoms with Gasteiger partial charge in [0, 0.05) is 18.6 Å². The topological polar surface area (TPSA) is 38.0 Å². The molecular formula is C12H26N2. The van der Waals surface area contributed by atoms with Crippen LogP contribution in [-0.2, 0) is 0 Å². The van der Waals surface area contributed by atoms with Gasteiger partial charge in [0.05, 0.1) is 0 Å². The van der Waals surface area contributed by atoms with Crippen molar-refractivity contribution >= 4 is 0 Å². The molecule has 1 fully saturated rings. The van der Waals surface area contributed by atoms with Crippen molar-refractivity contribution in [1.82, 2.24) is 5.32 Å². The van der Waals surface area contributed by atoms with Crippen LogP contribution in [0.1, 0.15) is 47.0 Å². The fraction of sp³-hybridized carbons (Fsp3) is 1.00. The van der Waals surface area contributed by atoms with Gasteiger partial charge in [0.15, 0.2) is 0 Å². The van der Waals surface area contributed by atoms with E-state index < -0.39 is 0 Å². The Morgan fingerprint density at radius 2 is 2.00 bits per heavy atom. The molecule has 0 bridgehead atoms. The molecule has 0 heterocycles. The van der Waals surface area contributed by atoms with E-state index in [1.165, 1.54) is 19.3 Å². The van der Waals surface area contributed by atoms with Gasteiger partial charge in [0.25, 0.3) is 0 Å². The summed E-state index contributed by atoms with van der Waals surface area (Å²) in [5.74, 6) is 0.894. The van der Waals surface area contributed by atoms with Crippen LogP contribution in [0.4, 0.5) is 0 Å². The van der Waals surface area contributed by atoms with Gasteiger partial charge in [0.2, 0.25) is 0 Å². The van der Waals surface area contributed by atoms with Gasteiger partial charge in [-0.15, -0.1) is 0 Å². The van der Waals surface area contributed by atoms with Crippen molar-refractivity contribution in [1.29, 1.82) is 0 Å². The summed E-state index contributed by atoms with van der Waals surface area (Å²) in [4.78, 5) is 0. The lowest BCUT2D eigenvalue weighted by Gasteiger charge is -2.33. The van der Waals surface area contributed by atoms with Gasteiger partial charge < -0.3 is 11.1 Å². The largest absolute Gasteiger partial charge is 0.329 e. The molecule has 2 heteroatoms. The predicted molar refractivity (Wildman–Crippen MR) is 62.2 cm³/mol. The highest BCUT2D eigenvalue weighted by Crippen LogP contribution is 2.27. The average Bonchev–Trinajstić information content (AvgIpc) is 2.45. The minimum absolute atomic E-state index is 0.278. The standard InChI is InChI=1S/C12H26N2/c1-9-5-6-10(7-9)14-11(8-13)12(2,3)4/h9-11,14H,5-8,13H2,1-4H3. The van der Waals surface area contributed by atoms with Crippen molar-refractivity contribution < 1.29 is 0 Å². The summed E-state index contributed by atoms with van der Waals surface area (Å²) >= 11 is 0. The first kappa shape index (κ1) is 12.0. The fourth-order valence-corrected chi connectivity index (χ4v) is 2.31. The van der Waals surface area contributed by atoms with Gasteiger partial charge in [-0.2, -0.15) is 0 Å². The van der Waals surface area contributed by atoms with Crippen LogP contribution in [0.2, 0.25) is 0 Å². The molecule has 3 unspecified atom stereocenters. The van der Waals surface area contributed by atoms with Crippen molar-refractivity contribution in [2.75, 3.05) is 6.54 Å². The summed E-state index contributed by atoms with van der Waals surface area (Å²) in [5, 5.41) is 3.71. The number of nitrogens with two attached hydrogens (primary N) is 1. The van der Waals surface area contributed by atoms with Crippen molar-refractivity contribution in [2.45, 2.75) is 59.0 Å². The van der Waals surface area contributed by atoms with Crippen LogP contribution in [0.25, 0.3) is 0 Å². The smallest absolute Gasteiger partial charge is 0.0241 e. The molecule has 1 aliphatic carbocycles. The molecule has 1 aliphatic rings. The summed E-state index contributed by atoms with van der Waals surface area (Å²) < 4.78 is 0. The molecule has 2 nitrogen and oxygen atoms in total. The molecule has 0 spiro atoms. The molecule has 0 aromatic heterocycles. The maximum Gasteiger partial charge on any atom is 0.0241 e. The van der Waals surface area contributed by atoms with E-state index in [9.17, 15) is 0 Å². The van der Waals surface area contributed by atoms with Crippen LogP contribution < -0.4 is 11.1 Å². The van der Waals surface area contributed by atoms with Crippen LogP contribution in [-0.4, -0.2) is 18.6 Å². The van der Waals surface area contributed by atoms with Crippen molar-refractivity contribution in [3.63, 3.8) is 0 Å². The fourth-order valence-electron chi connectivity index (χ4n) is 2.31. The van der Waals surface area contributed by atoms with Gasteiger partial charge in [-0.3, -0.25) is 0 Å². The molecule has 0 aromatic rings. The summed E-state index contributed by atoms with van der Waals surface area (Å²) in [6.07, 6.45) is 4.03. The molecular weight excluding hydrogens is 172 g/mol. The number of rotatable bonds is 3. The molecule has 0 radical (unpaired) electrons. The van der Waals surface area contributed by atoms with Gasteiger partial charge in [0.1, 0.15) is 0 Å². The van der Waals surface area contributed by atoms with E-state index in [2.05, 4.69) is 33.0 Å². The Morgan fingerprint density at radius 1 is 1.36 bits per heavy atom. The SMILES string of the molecule is CC1CCC(NC(CN)C(C)(C)C)C1. The Morgan fingerprint density at radius 3 is 2.36 bits per heavy atom. The average molecular weight is 198 g/mol. The lowest BCUT2D eigenvalue weighted by Crippen LogP contribution is -2.49. The van der Waals surface area contributed by atoms with Crippen molar-refractivity contribution in [3.8, 4) is 0 Å². The van der Waals surface area contributed by atoms with Gasteiger partial charge >= 0.3 is 0 Å². The Labute approximate surface area is 88.6 Å². The molecule has 1 saturated carbocycles. The predicted octanol–water partition coefficient (Wildman–Crippen LogP) is 2.14. The lowest BCUT2D eigenvalue weighted by molar-refractivity contribution is 0.249. The first-order chi connectivity index (χ1) is 6.43. The minimum Gasteiger partial charge on any atom is -0.329 e. The van der Waals surface area contributed by atoms with E-state index in [1.807, 2.05) is 0 Å². The minimum atomic E-state index is 0.278. The lowest BCUT2D eigenvalue weighted by atomic mass is 9.86. The van der Waals surface area contributed by atoms with Crippen LogP contribution >= 0.6 is 0 Å². The van der Waals surface area contributed by atoms with Crippen LogP contribution in [0.15, 0.2) is 0 Å². The molecule has 0 amide bonds. The summed E-state index contributed by atoms with van der Waals surface area (Å²) in [6, 6.07) is 1.16. The molecule has 1 rings (SSSR count). The zero-order chi connectivity index (χ0) is 10.8. The number of hydrogen-bond donors (Lipinski definition) is 2. The van der Waals surface area contributed by atoms with Crippen LogP contribution in [0.3, 0.4) is 0 Å². The van der Waals surface area contributed by atoms with E-state index in [0.717, 1.165) is 12.5 Å². The molecule has 84 valence electrons. The second kappa shape index (κ2) is 4.63. The van der Waals surface area contributed by atoms with E-state index in [1.54, 1.807) is 0 Å². The molecule has 3 atom stereocenters. The first-order valence-electron chi connectivity index (χ1n) is 5.89. The third kappa shape index (κ3) is 3.25. The molecule has 0 saturated heterocycles. The van der Waals surface area contributed by atoms with Crippen LogP contribution in [0.5, 0.6) is 0 Å². The van der Waals surface area contributed by atoms with E-state index in [-0.39, 0.29) is 5.41 Å². The Hall–Kier alpha value is -0.0800. The second-order valence-corrected chi connectivity index (χ2v) is 5.94. The van der Waals surface area contributed by atoms with Crippen LogP contribution in [0, 0.1) is 11.3 Å². The summed E-state index contributed by atoms with van der Waals surface area (Å²) in [5.41, 5.74) is 6.09. The number of hydrogen-bond acceptors (Lipinski definition) is 2. The number of nitrogens with one attached hydrogen (secondary N) is 1. The zero-order valence-electron chi connectivity index (χ0n) is 10.1. The van der Waals surface area contributed by atoms with Gasteiger partial charge in [-0.1, -0.05) is 27.7 Å². The van der Waals surface area contributed by atoms with E-state index >= 15 is 0 Å². The maximum absolute atomic E-state index is 5.81. The zero-order valence-corrected chi connectivity index (χ0v) is 10.1. The van der Waals surface area contributed by atoms with Crippen molar-refractivity contribution in [3.05, 3.63) is 0 Å². The highest BCUT2D eigenvalue weighted by Gasteiger charge is 2.28. The molecule has 0 aromatic carbocycles. The first-order valence-corrected chi connectivity index (χ1v) is 5.89. The van der Waals surface area contributed by atoms with Gasteiger partial charge in [-0.05, 0) is 30.6 Å². The quantitative estimate of drug-likeness (QED) is 0.729. The molecule has 3 N–H and O–H groups in total. The Bertz CT molecular complexity index is 172. The highest BCUT2D eigenvalue weighted by molar-refractivity contribution is 4.87. The third-order valence-electron chi connectivity index (χ3n) is 3.41. The molecule has 0 aliphatic heterocycles. The normalized spacial score (nSPS) is 30.6. The third-order valence-corrected chi connectivity index (χ3v) is 3.41. The van der Waals surface area contributed by atoms with Crippen molar-refractivity contribution in [2.24, 2.45) is 17.1 Å². The molecule has 14 heavy (non-hydrogen) atoms. The summed E-state index contributed by atoms with van der Waals surface area (Å²) in [7, 11) is 0. The maximum atomic E-state index is 5.81. The van der Waals surface area contributed by atoms with E-state index in [0.29, 0.717) is 12.1 Å². The highest BCUT2D eigenvalue weighted by atomic mass is 15.0.